The van der Waals surface area contributed by atoms with Crippen LogP contribution in [0.15, 0.2) is 41.4 Å². The highest BCUT2D eigenvalue weighted by atomic mass is 32.2. The number of nitrogens with zero attached hydrogens (tertiary/aromatic N) is 2. The lowest BCUT2D eigenvalue weighted by molar-refractivity contribution is 0.413. The molecule has 1 aromatic heterocycles. The Kier molecular flexibility index (Phi) is 3.82. The van der Waals surface area contributed by atoms with Gasteiger partial charge in [-0.05, 0) is 56.4 Å². The van der Waals surface area contributed by atoms with Crippen molar-refractivity contribution in [1.29, 1.82) is 0 Å². The normalized spacial score (nSPS) is 14.7. The summed E-state index contributed by atoms with van der Waals surface area (Å²) in [5.41, 5.74) is 2.54. The molecular formula is C19H19FN2O3S. The van der Waals surface area contributed by atoms with Crippen LogP contribution in [0.3, 0.4) is 0 Å². The molecule has 26 heavy (non-hydrogen) atoms. The first-order valence-electron chi connectivity index (χ1n) is 8.25. The zero-order chi connectivity index (χ0) is 18.6. The van der Waals surface area contributed by atoms with Gasteiger partial charge in [0.05, 0.1) is 17.5 Å². The first-order valence-corrected chi connectivity index (χ1v) is 9.69. The van der Waals surface area contributed by atoms with Crippen LogP contribution >= 0.6 is 0 Å². The Labute approximate surface area is 151 Å². The lowest BCUT2D eigenvalue weighted by Gasteiger charge is -2.20. The van der Waals surface area contributed by atoms with E-state index in [2.05, 4.69) is 0 Å². The second kappa shape index (κ2) is 5.82. The molecule has 0 unspecified atom stereocenters. The summed E-state index contributed by atoms with van der Waals surface area (Å²) in [6.45, 7) is 0.785. The van der Waals surface area contributed by atoms with E-state index in [1.807, 2.05) is 25.1 Å². The number of rotatable bonds is 4. The van der Waals surface area contributed by atoms with Gasteiger partial charge in [-0.15, -0.1) is 0 Å². The van der Waals surface area contributed by atoms with Crippen molar-refractivity contribution in [3.05, 3.63) is 47.9 Å². The molecule has 0 amide bonds. The molecule has 0 radical (unpaired) electrons. The number of benzene rings is 2. The highest BCUT2D eigenvalue weighted by Crippen LogP contribution is 2.44. The highest BCUT2D eigenvalue weighted by molar-refractivity contribution is 7.90. The molecule has 136 valence electrons. The van der Waals surface area contributed by atoms with Crippen molar-refractivity contribution < 1.29 is 17.5 Å². The standard InChI is InChI=1S/C19H19FN2O3S/c1-21(2)7-6-12-11-22-19-15(12)9-14(25-3)10-17(19)16-8-13(20)4-5-18(16)26(22,23)24/h4-5,8-11H,6-7H2,1-3H3. The highest BCUT2D eigenvalue weighted by Gasteiger charge is 2.32. The minimum absolute atomic E-state index is 0.107. The largest absolute Gasteiger partial charge is 0.497 e. The van der Waals surface area contributed by atoms with Crippen LogP contribution in [0.1, 0.15) is 5.56 Å². The number of methoxy groups -OCH3 is 1. The molecule has 0 saturated carbocycles. The van der Waals surface area contributed by atoms with Gasteiger partial charge < -0.3 is 9.64 Å². The third-order valence-electron chi connectivity index (χ3n) is 4.76. The Balaban J connectivity index is 2.09. The average Bonchev–Trinajstić information content (AvgIpc) is 2.97. The van der Waals surface area contributed by atoms with Crippen LogP contribution in [0.25, 0.3) is 22.0 Å². The van der Waals surface area contributed by atoms with Crippen LogP contribution in [0, 0.1) is 5.82 Å². The van der Waals surface area contributed by atoms with Crippen LogP contribution in [-0.2, 0) is 16.4 Å². The predicted molar refractivity (Wildman–Crippen MR) is 98.7 cm³/mol. The van der Waals surface area contributed by atoms with E-state index in [-0.39, 0.29) is 4.90 Å². The van der Waals surface area contributed by atoms with Gasteiger partial charge in [0.25, 0.3) is 10.0 Å². The van der Waals surface area contributed by atoms with Crippen molar-refractivity contribution in [2.45, 2.75) is 11.3 Å². The second-order valence-corrected chi connectivity index (χ2v) is 8.50. The van der Waals surface area contributed by atoms with E-state index < -0.39 is 15.8 Å². The minimum Gasteiger partial charge on any atom is -0.497 e. The van der Waals surface area contributed by atoms with Crippen LogP contribution in [-0.4, -0.2) is 45.0 Å². The predicted octanol–water partition coefficient (Wildman–Crippen LogP) is 3.11. The smallest absolute Gasteiger partial charge is 0.268 e. The lowest BCUT2D eigenvalue weighted by atomic mass is 10.00. The summed E-state index contributed by atoms with van der Waals surface area (Å²) in [5.74, 6) is 0.147. The number of hydrogen-bond acceptors (Lipinski definition) is 4. The molecule has 3 aromatic rings. The summed E-state index contributed by atoms with van der Waals surface area (Å²) >= 11 is 0. The second-order valence-electron chi connectivity index (χ2n) is 6.72. The van der Waals surface area contributed by atoms with Crippen LogP contribution in [0.5, 0.6) is 5.75 Å². The first-order chi connectivity index (χ1) is 12.3. The van der Waals surface area contributed by atoms with Gasteiger partial charge in [-0.3, -0.25) is 0 Å². The van der Waals surface area contributed by atoms with Crippen LogP contribution < -0.4 is 4.74 Å². The van der Waals surface area contributed by atoms with Crippen molar-refractivity contribution in [3.8, 4) is 16.9 Å². The number of aromatic nitrogens is 1. The molecule has 4 rings (SSSR count). The van der Waals surface area contributed by atoms with Crippen molar-refractivity contribution in [3.63, 3.8) is 0 Å². The molecule has 0 spiro atoms. The molecule has 1 aliphatic heterocycles. The Bertz CT molecular complexity index is 1130. The van der Waals surface area contributed by atoms with E-state index in [4.69, 9.17) is 4.74 Å². The third-order valence-corrected chi connectivity index (χ3v) is 6.47. The molecule has 0 fully saturated rings. The van der Waals surface area contributed by atoms with Gasteiger partial charge in [-0.1, -0.05) is 0 Å². The lowest BCUT2D eigenvalue weighted by Crippen LogP contribution is -2.17. The van der Waals surface area contributed by atoms with Crippen molar-refractivity contribution in [1.82, 2.24) is 8.87 Å². The van der Waals surface area contributed by atoms with Crippen molar-refractivity contribution >= 4 is 20.9 Å². The minimum atomic E-state index is -3.77. The van der Waals surface area contributed by atoms with Crippen LogP contribution in [0.4, 0.5) is 4.39 Å². The van der Waals surface area contributed by atoms with E-state index in [0.717, 1.165) is 17.5 Å². The molecule has 7 heteroatoms. The average molecular weight is 374 g/mol. The molecule has 0 atom stereocenters. The summed E-state index contributed by atoms with van der Waals surface area (Å²) in [6, 6.07) is 7.39. The maximum absolute atomic E-state index is 13.9. The quantitative estimate of drug-likeness (QED) is 0.551. The summed E-state index contributed by atoms with van der Waals surface area (Å²) in [6.07, 6.45) is 2.38. The topological polar surface area (TPSA) is 51.5 Å². The fourth-order valence-corrected chi connectivity index (χ4v) is 5.07. The molecule has 0 saturated heterocycles. The fourth-order valence-electron chi connectivity index (χ4n) is 3.47. The Morgan fingerprint density at radius 1 is 1.15 bits per heavy atom. The molecule has 0 bridgehead atoms. The number of halogens is 1. The zero-order valence-electron chi connectivity index (χ0n) is 14.8. The molecule has 2 aromatic carbocycles. The molecule has 0 N–H and O–H groups in total. The summed E-state index contributed by atoms with van der Waals surface area (Å²) < 4.78 is 46.8. The SMILES string of the molecule is COc1cc2c3c(c1)c(CCN(C)C)cn3S(=O)(=O)c1ccc(F)cc1-2. The number of ether oxygens (including phenoxy) is 1. The fraction of sp³-hybridized carbons (Fsp3) is 0.263. The Hall–Kier alpha value is -2.38. The summed E-state index contributed by atoms with van der Waals surface area (Å²) in [7, 11) is 1.74. The van der Waals surface area contributed by atoms with Crippen molar-refractivity contribution in [2.24, 2.45) is 0 Å². The maximum Gasteiger partial charge on any atom is 0.268 e. The van der Waals surface area contributed by atoms with Gasteiger partial charge in [0.1, 0.15) is 11.6 Å². The van der Waals surface area contributed by atoms with E-state index in [0.29, 0.717) is 28.8 Å². The molecular weight excluding hydrogens is 355 g/mol. The van der Waals surface area contributed by atoms with Crippen LogP contribution in [0.2, 0.25) is 0 Å². The first kappa shape index (κ1) is 17.1. The van der Waals surface area contributed by atoms with Gasteiger partial charge in [-0.25, -0.2) is 16.8 Å². The summed E-state index contributed by atoms with van der Waals surface area (Å²) in [4.78, 5) is 2.15. The zero-order valence-corrected chi connectivity index (χ0v) is 15.6. The molecule has 5 nitrogen and oxygen atoms in total. The number of likely N-dealkylation sites (N-methyl/N-ethyl adjacent to an activating group) is 1. The Morgan fingerprint density at radius 3 is 2.62 bits per heavy atom. The van der Waals surface area contributed by atoms with E-state index >= 15 is 0 Å². The monoisotopic (exact) mass is 374 g/mol. The molecule has 2 heterocycles. The molecule has 1 aliphatic rings. The van der Waals surface area contributed by atoms with Gasteiger partial charge >= 0.3 is 0 Å². The van der Waals surface area contributed by atoms with E-state index in [9.17, 15) is 12.8 Å². The van der Waals surface area contributed by atoms with Gasteiger partial charge in [0.2, 0.25) is 0 Å². The van der Waals surface area contributed by atoms with Gasteiger partial charge in [-0.2, -0.15) is 0 Å². The van der Waals surface area contributed by atoms with E-state index in [1.54, 1.807) is 19.4 Å². The van der Waals surface area contributed by atoms with E-state index in [1.165, 1.54) is 22.2 Å². The number of fused-ring (bicyclic) bond motifs is 2. The molecule has 0 aliphatic carbocycles. The van der Waals surface area contributed by atoms with Crippen molar-refractivity contribution in [2.75, 3.05) is 27.7 Å². The third kappa shape index (κ3) is 2.42. The Morgan fingerprint density at radius 2 is 1.92 bits per heavy atom. The van der Waals surface area contributed by atoms with Gasteiger partial charge in [0.15, 0.2) is 0 Å². The number of hydrogen-bond donors (Lipinski definition) is 0. The summed E-state index contributed by atoms with van der Waals surface area (Å²) in [5, 5.41) is 0.819. The maximum atomic E-state index is 13.9. The van der Waals surface area contributed by atoms with Gasteiger partial charge in [0, 0.05) is 29.3 Å².